The Kier molecular flexibility index (Phi) is 4.51. The summed E-state index contributed by atoms with van der Waals surface area (Å²) < 4.78 is 37.0. The van der Waals surface area contributed by atoms with E-state index in [4.69, 9.17) is 9.47 Å². The predicted molar refractivity (Wildman–Crippen MR) is 64.6 cm³/mol. The van der Waals surface area contributed by atoms with E-state index in [1.807, 2.05) is 0 Å². The van der Waals surface area contributed by atoms with Gasteiger partial charge in [0.2, 0.25) is 0 Å². The van der Waals surface area contributed by atoms with Crippen molar-refractivity contribution in [3.8, 4) is 11.5 Å². The van der Waals surface area contributed by atoms with Gasteiger partial charge >= 0.3 is 0 Å². The van der Waals surface area contributed by atoms with Gasteiger partial charge in [-0.05, 0) is 12.1 Å². The summed E-state index contributed by atoms with van der Waals surface area (Å²) >= 11 is 0. The van der Waals surface area contributed by atoms with Gasteiger partial charge in [-0.2, -0.15) is 0 Å². The van der Waals surface area contributed by atoms with Crippen LogP contribution in [0.15, 0.2) is 12.1 Å². The van der Waals surface area contributed by atoms with E-state index in [0.29, 0.717) is 11.3 Å². The first kappa shape index (κ1) is 14.7. The number of methoxy groups -OCH3 is 2. The first-order valence-electron chi connectivity index (χ1n) is 5.60. The van der Waals surface area contributed by atoms with E-state index >= 15 is 0 Å². The number of aliphatic hydroxyl groups is 1. The lowest BCUT2D eigenvalue weighted by Crippen LogP contribution is -2.11. The summed E-state index contributed by atoms with van der Waals surface area (Å²) in [6.45, 7) is 2.40. The van der Waals surface area contributed by atoms with Gasteiger partial charge in [0, 0.05) is 30.6 Å². The van der Waals surface area contributed by atoms with Gasteiger partial charge in [0.1, 0.15) is 0 Å². The highest BCUT2D eigenvalue weighted by Gasteiger charge is 2.28. The summed E-state index contributed by atoms with van der Waals surface area (Å²) in [4.78, 5) is 0. The smallest absolute Gasteiger partial charge is 0.270 e. The fourth-order valence-corrected chi connectivity index (χ4v) is 1.71. The normalized spacial score (nSPS) is 13.3. The van der Waals surface area contributed by atoms with Crippen molar-refractivity contribution in [2.75, 3.05) is 20.8 Å². The molecule has 1 rings (SSSR count). The SMILES string of the molecule is COc1cc(C(C)(F)F)cc(C(C)CO)c1OC. The highest BCUT2D eigenvalue weighted by molar-refractivity contribution is 5.51. The van der Waals surface area contributed by atoms with Crippen LogP contribution in [0.5, 0.6) is 11.5 Å². The first-order valence-corrected chi connectivity index (χ1v) is 5.60. The van der Waals surface area contributed by atoms with Crippen LogP contribution >= 0.6 is 0 Å². The maximum absolute atomic E-state index is 13.4. The van der Waals surface area contributed by atoms with Crippen LogP contribution in [0.25, 0.3) is 0 Å². The van der Waals surface area contributed by atoms with Gasteiger partial charge in [-0.15, -0.1) is 0 Å². The van der Waals surface area contributed by atoms with Crippen LogP contribution in [0.3, 0.4) is 0 Å². The zero-order valence-corrected chi connectivity index (χ0v) is 11.0. The number of aliphatic hydroxyl groups excluding tert-OH is 1. The molecular weight excluding hydrogens is 242 g/mol. The molecule has 1 unspecified atom stereocenters. The maximum atomic E-state index is 13.4. The Labute approximate surface area is 105 Å². The van der Waals surface area contributed by atoms with E-state index < -0.39 is 5.92 Å². The largest absolute Gasteiger partial charge is 0.493 e. The summed E-state index contributed by atoms with van der Waals surface area (Å²) in [5.74, 6) is -2.65. The summed E-state index contributed by atoms with van der Waals surface area (Å²) in [6.07, 6.45) is 0. The van der Waals surface area contributed by atoms with Crippen molar-refractivity contribution >= 4 is 0 Å². The van der Waals surface area contributed by atoms with Crippen molar-refractivity contribution in [1.29, 1.82) is 0 Å². The van der Waals surface area contributed by atoms with Crippen molar-refractivity contribution in [3.63, 3.8) is 0 Å². The number of ether oxygens (including phenoxy) is 2. The third-order valence-electron chi connectivity index (χ3n) is 2.82. The Morgan fingerprint density at radius 1 is 1.28 bits per heavy atom. The van der Waals surface area contributed by atoms with Crippen LogP contribution in [0, 0.1) is 0 Å². The van der Waals surface area contributed by atoms with Gasteiger partial charge in [0.25, 0.3) is 5.92 Å². The molecule has 0 amide bonds. The second-order valence-corrected chi connectivity index (χ2v) is 4.27. The minimum atomic E-state index is -2.97. The molecule has 0 aliphatic rings. The van der Waals surface area contributed by atoms with Gasteiger partial charge in [-0.3, -0.25) is 0 Å². The monoisotopic (exact) mass is 260 g/mol. The molecule has 0 fully saturated rings. The molecule has 0 aromatic heterocycles. The van der Waals surface area contributed by atoms with Gasteiger partial charge in [-0.1, -0.05) is 6.92 Å². The zero-order chi connectivity index (χ0) is 13.9. The summed E-state index contributed by atoms with van der Waals surface area (Å²) in [5.41, 5.74) is 0.353. The summed E-state index contributed by atoms with van der Waals surface area (Å²) in [6, 6.07) is 2.61. The Balaban J connectivity index is 3.45. The molecule has 1 atom stereocenters. The average Bonchev–Trinajstić information content (AvgIpc) is 2.34. The van der Waals surface area contributed by atoms with Crippen LogP contribution < -0.4 is 9.47 Å². The minimum absolute atomic E-state index is 0.155. The molecule has 0 heterocycles. The Morgan fingerprint density at radius 3 is 2.28 bits per heavy atom. The molecule has 1 aromatic carbocycles. The van der Waals surface area contributed by atoms with Crippen LogP contribution in [-0.2, 0) is 5.92 Å². The molecular formula is C13H18F2O3. The zero-order valence-electron chi connectivity index (χ0n) is 11.0. The average molecular weight is 260 g/mol. The van der Waals surface area contributed by atoms with Crippen molar-refractivity contribution in [3.05, 3.63) is 23.3 Å². The fourth-order valence-electron chi connectivity index (χ4n) is 1.71. The number of halogens is 2. The number of benzene rings is 1. The molecule has 0 spiro atoms. The maximum Gasteiger partial charge on any atom is 0.270 e. The number of rotatable bonds is 5. The van der Waals surface area contributed by atoms with Crippen molar-refractivity contribution < 1.29 is 23.4 Å². The third kappa shape index (κ3) is 2.90. The Hall–Kier alpha value is -1.36. The molecule has 5 heteroatoms. The molecule has 1 N–H and O–H groups in total. The second kappa shape index (κ2) is 5.52. The molecule has 0 bridgehead atoms. The van der Waals surface area contributed by atoms with E-state index in [-0.39, 0.29) is 23.8 Å². The molecule has 1 aromatic rings. The lowest BCUT2D eigenvalue weighted by molar-refractivity contribution is 0.0170. The molecule has 102 valence electrons. The molecule has 0 aliphatic carbocycles. The number of hydrogen-bond acceptors (Lipinski definition) is 3. The Morgan fingerprint density at radius 2 is 1.89 bits per heavy atom. The lowest BCUT2D eigenvalue weighted by atomic mass is 9.96. The van der Waals surface area contributed by atoms with Crippen LogP contribution in [0.4, 0.5) is 8.78 Å². The number of alkyl halides is 2. The fraction of sp³-hybridized carbons (Fsp3) is 0.538. The quantitative estimate of drug-likeness (QED) is 0.884. The van der Waals surface area contributed by atoms with E-state index in [1.165, 1.54) is 26.4 Å². The Bertz CT molecular complexity index is 413. The highest BCUT2D eigenvalue weighted by Crippen LogP contribution is 2.40. The molecule has 0 radical (unpaired) electrons. The predicted octanol–water partition coefficient (Wildman–Crippen LogP) is 2.91. The lowest BCUT2D eigenvalue weighted by Gasteiger charge is -2.20. The highest BCUT2D eigenvalue weighted by atomic mass is 19.3. The number of hydrogen-bond donors (Lipinski definition) is 1. The van der Waals surface area contributed by atoms with E-state index in [0.717, 1.165) is 6.92 Å². The van der Waals surface area contributed by atoms with E-state index in [2.05, 4.69) is 0 Å². The molecule has 0 saturated carbocycles. The van der Waals surface area contributed by atoms with Crippen LogP contribution in [-0.4, -0.2) is 25.9 Å². The molecule has 3 nitrogen and oxygen atoms in total. The summed E-state index contributed by atoms with van der Waals surface area (Å²) in [5, 5.41) is 9.18. The van der Waals surface area contributed by atoms with Gasteiger partial charge < -0.3 is 14.6 Å². The standard InChI is InChI=1S/C13H18F2O3/c1-8(7-16)10-5-9(13(2,14)15)6-11(17-3)12(10)18-4/h5-6,8,16H,7H2,1-4H3. The van der Waals surface area contributed by atoms with Gasteiger partial charge in [0.15, 0.2) is 11.5 Å². The van der Waals surface area contributed by atoms with Gasteiger partial charge in [0.05, 0.1) is 14.2 Å². The van der Waals surface area contributed by atoms with E-state index in [9.17, 15) is 13.9 Å². The molecule has 18 heavy (non-hydrogen) atoms. The topological polar surface area (TPSA) is 38.7 Å². The first-order chi connectivity index (χ1) is 8.35. The van der Waals surface area contributed by atoms with Crippen molar-refractivity contribution in [2.45, 2.75) is 25.7 Å². The van der Waals surface area contributed by atoms with Gasteiger partial charge in [-0.25, -0.2) is 8.78 Å². The van der Waals surface area contributed by atoms with Crippen molar-refractivity contribution in [2.24, 2.45) is 0 Å². The summed E-state index contributed by atoms with van der Waals surface area (Å²) in [7, 11) is 2.83. The van der Waals surface area contributed by atoms with Crippen LogP contribution in [0.2, 0.25) is 0 Å². The minimum Gasteiger partial charge on any atom is -0.493 e. The van der Waals surface area contributed by atoms with Crippen LogP contribution in [0.1, 0.15) is 30.9 Å². The second-order valence-electron chi connectivity index (χ2n) is 4.27. The van der Waals surface area contributed by atoms with Crippen molar-refractivity contribution in [1.82, 2.24) is 0 Å². The third-order valence-corrected chi connectivity index (χ3v) is 2.82. The van der Waals surface area contributed by atoms with E-state index in [1.54, 1.807) is 6.92 Å². The molecule has 0 saturated heterocycles. The molecule has 0 aliphatic heterocycles.